The maximum absolute atomic E-state index is 9.24. The van der Waals surface area contributed by atoms with E-state index in [1.807, 2.05) is 24.3 Å². The van der Waals surface area contributed by atoms with Crippen LogP contribution in [0.15, 0.2) is 24.3 Å². The molecule has 1 atom stereocenters. The van der Waals surface area contributed by atoms with E-state index in [1.54, 1.807) is 0 Å². The van der Waals surface area contributed by atoms with E-state index < -0.39 is 0 Å². The van der Waals surface area contributed by atoms with Gasteiger partial charge in [0.1, 0.15) is 0 Å². The highest BCUT2D eigenvalue weighted by Gasteiger charge is 2.16. The van der Waals surface area contributed by atoms with Crippen molar-refractivity contribution in [3.05, 3.63) is 29.8 Å². The smallest absolute Gasteiger partial charge is 0.0701 e. The van der Waals surface area contributed by atoms with Crippen LogP contribution in [0.3, 0.4) is 0 Å². The Morgan fingerprint density at radius 2 is 2.00 bits per heavy atom. The number of aliphatic hydroxyl groups is 1. The molecule has 1 fully saturated rings. The Morgan fingerprint density at radius 3 is 2.69 bits per heavy atom. The van der Waals surface area contributed by atoms with Crippen molar-refractivity contribution in [1.29, 1.82) is 0 Å². The van der Waals surface area contributed by atoms with Crippen molar-refractivity contribution in [2.24, 2.45) is 0 Å². The van der Waals surface area contributed by atoms with Gasteiger partial charge in [0.15, 0.2) is 0 Å². The number of piperidine rings is 1. The molecule has 4 heteroatoms. The zero-order valence-corrected chi connectivity index (χ0v) is 10.5. The lowest BCUT2D eigenvalue weighted by Gasteiger charge is -2.30. The van der Waals surface area contributed by atoms with Crippen LogP contribution in [0.1, 0.15) is 18.4 Å². The van der Waals surface area contributed by atoms with Gasteiger partial charge in [-0.15, -0.1) is 0 Å². The molecule has 1 saturated heterocycles. The van der Waals surface area contributed by atoms with Crippen LogP contribution >= 0.6 is 9.39 Å². The molecule has 1 aliphatic heterocycles. The number of nitrogens with one attached hydrogen (secondary N) is 1. The van der Waals surface area contributed by atoms with E-state index in [-0.39, 0.29) is 6.61 Å². The van der Waals surface area contributed by atoms with Crippen molar-refractivity contribution in [1.82, 2.24) is 4.67 Å². The second-order valence-corrected chi connectivity index (χ2v) is 5.00. The summed E-state index contributed by atoms with van der Waals surface area (Å²) in [5.41, 5.74) is 2.06. The fourth-order valence-corrected chi connectivity index (χ4v) is 2.36. The van der Waals surface area contributed by atoms with Gasteiger partial charge in [-0.25, -0.2) is 0 Å². The Bertz CT molecular complexity index is 338. The van der Waals surface area contributed by atoms with Gasteiger partial charge in [-0.2, -0.15) is 0 Å². The summed E-state index contributed by atoms with van der Waals surface area (Å²) in [5, 5.41) is 12.8. The summed E-state index contributed by atoms with van der Waals surface area (Å²) >= 11 is 0. The Hall–Kier alpha value is -0.630. The van der Waals surface area contributed by atoms with Gasteiger partial charge >= 0.3 is 0 Å². The maximum atomic E-state index is 9.24. The molecule has 0 amide bonds. The van der Waals surface area contributed by atoms with Crippen LogP contribution in [0.4, 0.5) is 5.69 Å². The predicted octanol–water partition coefficient (Wildman–Crippen LogP) is 1.85. The van der Waals surface area contributed by atoms with Gasteiger partial charge in [0, 0.05) is 30.4 Å². The third-order valence-corrected chi connectivity index (χ3v) is 3.59. The third-order valence-electron chi connectivity index (χ3n) is 3.08. The van der Waals surface area contributed by atoms with E-state index in [0.717, 1.165) is 37.2 Å². The molecule has 0 radical (unpaired) electrons. The van der Waals surface area contributed by atoms with Crippen molar-refractivity contribution in [3.8, 4) is 0 Å². The quantitative estimate of drug-likeness (QED) is 0.789. The predicted molar refractivity (Wildman–Crippen MR) is 70.3 cm³/mol. The Balaban J connectivity index is 1.98. The van der Waals surface area contributed by atoms with Gasteiger partial charge in [-0.1, -0.05) is 27.6 Å². The first kappa shape index (κ1) is 11.8. The number of hydrogen-bond acceptors (Lipinski definition) is 3. The minimum Gasteiger partial charge on any atom is -0.392 e. The number of benzene rings is 1. The Labute approximate surface area is 99.1 Å². The first-order valence-corrected chi connectivity index (χ1v) is 6.26. The van der Waals surface area contributed by atoms with Gasteiger partial charge in [0.05, 0.1) is 6.61 Å². The number of para-hydroxylation sites is 1. The normalized spacial score (nSPS) is 18.6. The molecule has 0 aliphatic carbocycles. The zero-order valence-electron chi connectivity index (χ0n) is 9.39. The highest BCUT2D eigenvalue weighted by molar-refractivity contribution is 7.13. The second kappa shape index (κ2) is 5.62. The second-order valence-electron chi connectivity index (χ2n) is 4.27. The fraction of sp³-hybridized carbons (Fsp3) is 0.500. The molecule has 2 N–H and O–H groups in total. The topological polar surface area (TPSA) is 35.5 Å². The van der Waals surface area contributed by atoms with Crippen molar-refractivity contribution in [3.63, 3.8) is 0 Å². The Kier molecular flexibility index (Phi) is 4.16. The van der Waals surface area contributed by atoms with Crippen molar-refractivity contribution in [2.75, 3.05) is 18.4 Å². The van der Waals surface area contributed by atoms with Crippen LogP contribution in [-0.4, -0.2) is 28.9 Å². The van der Waals surface area contributed by atoms with Crippen LogP contribution in [0.5, 0.6) is 0 Å². The summed E-state index contributed by atoms with van der Waals surface area (Å²) in [6, 6.07) is 8.50. The number of anilines is 1. The van der Waals surface area contributed by atoms with Crippen molar-refractivity contribution < 1.29 is 5.11 Å². The molecule has 3 nitrogen and oxygen atoms in total. The monoisotopic (exact) mass is 238 g/mol. The molecule has 0 saturated carbocycles. The van der Waals surface area contributed by atoms with Crippen LogP contribution < -0.4 is 5.32 Å². The molecule has 16 heavy (non-hydrogen) atoms. The van der Waals surface area contributed by atoms with Crippen LogP contribution in [0, 0.1) is 0 Å². The van der Waals surface area contributed by atoms with Gasteiger partial charge in [-0.05, 0) is 18.9 Å². The molecule has 1 aliphatic rings. The lowest BCUT2D eigenvalue weighted by molar-refractivity contribution is 0.282. The van der Waals surface area contributed by atoms with E-state index in [4.69, 9.17) is 0 Å². The average molecular weight is 238 g/mol. The molecule has 88 valence electrons. The van der Waals surface area contributed by atoms with Crippen LogP contribution in [-0.2, 0) is 6.61 Å². The lowest BCUT2D eigenvalue weighted by atomic mass is 10.1. The SMILES string of the molecule is OCc1ccccc1NC1CCN(P)CC1. The van der Waals surface area contributed by atoms with Gasteiger partial charge in [0.2, 0.25) is 0 Å². The van der Waals surface area contributed by atoms with E-state index in [1.165, 1.54) is 0 Å². The molecule has 1 aromatic carbocycles. The van der Waals surface area contributed by atoms with Crippen molar-refractivity contribution >= 4 is 15.1 Å². The fourth-order valence-electron chi connectivity index (χ4n) is 2.06. The molecule has 0 spiro atoms. The van der Waals surface area contributed by atoms with Gasteiger partial charge in [-0.3, -0.25) is 4.67 Å². The maximum Gasteiger partial charge on any atom is 0.0701 e. The number of nitrogens with zero attached hydrogens (tertiary/aromatic N) is 1. The summed E-state index contributed by atoms with van der Waals surface area (Å²) < 4.78 is 2.27. The molecular formula is C12H19N2OP. The van der Waals surface area contributed by atoms with Crippen LogP contribution in [0.25, 0.3) is 0 Å². The molecule has 0 aromatic heterocycles. The third kappa shape index (κ3) is 2.94. The molecule has 0 bridgehead atoms. The van der Waals surface area contributed by atoms with Gasteiger partial charge in [0.25, 0.3) is 0 Å². The molecule has 1 aromatic rings. The minimum absolute atomic E-state index is 0.103. The molecule has 1 unspecified atom stereocenters. The summed E-state index contributed by atoms with van der Waals surface area (Å²) in [6.45, 7) is 2.33. The summed E-state index contributed by atoms with van der Waals surface area (Å²) in [5.74, 6) is 0. The highest BCUT2D eigenvalue weighted by Crippen LogP contribution is 2.21. The van der Waals surface area contributed by atoms with E-state index in [2.05, 4.69) is 19.4 Å². The number of hydrogen-bond donors (Lipinski definition) is 2. The minimum atomic E-state index is 0.103. The number of aliphatic hydroxyl groups excluding tert-OH is 1. The van der Waals surface area contributed by atoms with E-state index in [0.29, 0.717) is 6.04 Å². The Morgan fingerprint density at radius 1 is 1.31 bits per heavy atom. The summed E-state index contributed by atoms with van der Waals surface area (Å²) in [6.07, 6.45) is 2.31. The van der Waals surface area contributed by atoms with Crippen LogP contribution in [0.2, 0.25) is 0 Å². The van der Waals surface area contributed by atoms with E-state index in [9.17, 15) is 5.11 Å². The summed E-state index contributed by atoms with van der Waals surface area (Å²) in [4.78, 5) is 0. The first-order valence-electron chi connectivity index (χ1n) is 5.74. The molecule has 1 heterocycles. The standard InChI is InChI=1S/C12H19N2OP/c15-9-10-3-1-2-4-12(10)13-11-5-7-14(16)8-6-11/h1-4,11,13,15H,5-9,16H2. The van der Waals surface area contributed by atoms with Gasteiger partial charge < -0.3 is 10.4 Å². The number of rotatable bonds is 3. The molecular weight excluding hydrogens is 219 g/mol. The average Bonchev–Trinajstić information content (AvgIpc) is 2.33. The van der Waals surface area contributed by atoms with Crippen molar-refractivity contribution in [2.45, 2.75) is 25.5 Å². The molecule has 2 rings (SSSR count). The van der Waals surface area contributed by atoms with E-state index >= 15 is 0 Å². The highest BCUT2D eigenvalue weighted by atomic mass is 31.0. The first-order chi connectivity index (χ1) is 7.79. The largest absolute Gasteiger partial charge is 0.392 e. The lowest BCUT2D eigenvalue weighted by Crippen LogP contribution is -2.34. The zero-order chi connectivity index (χ0) is 11.4. The summed E-state index contributed by atoms with van der Waals surface area (Å²) in [7, 11) is 2.76.